The smallest absolute Gasteiger partial charge is 0.00936 e. The molecule has 0 saturated carbocycles. The van der Waals surface area contributed by atoms with Crippen LogP contribution in [-0.2, 0) is 0 Å². The molecule has 0 saturated heterocycles. The summed E-state index contributed by atoms with van der Waals surface area (Å²) >= 11 is 0. The predicted octanol–water partition coefficient (Wildman–Crippen LogP) is 2.82. The molecule has 0 heterocycles. The zero-order valence-electron chi connectivity index (χ0n) is 6.54. The topological polar surface area (TPSA) is 0 Å². The van der Waals surface area contributed by atoms with Crippen molar-refractivity contribution >= 4 is 5.57 Å². The second-order valence-corrected chi connectivity index (χ2v) is 3.52. The fourth-order valence-corrected chi connectivity index (χ4v) is 2.18. The molecule has 0 nitrogen and oxygen atoms in total. The van der Waals surface area contributed by atoms with Crippen molar-refractivity contribution in [3.63, 3.8) is 0 Å². The molecule has 2 aliphatic carbocycles. The lowest BCUT2D eigenvalue weighted by Crippen LogP contribution is -1.91. The fourth-order valence-electron chi connectivity index (χ4n) is 2.18. The van der Waals surface area contributed by atoms with Crippen LogP contribution in [0.1, 0.15) is 24.0 Å². The van der Waals surface area contributed by atoms with E-state index in [2.05, 4.69) is 37.3 Å². The summed E-state index contributed by atoms with van der Waals surface area (Å²) in [6.07, 6.45) is 2.38. The van der Waals surface area contributed by atoms with Crippen LogP contribution in [0.2, 0.25) is 0 Å². The zero-order valence-corrected chi connectivity index (χ0v) is 6.54. The average Bonchev–Trinajstić information content (AvgIpc) is 2.78. The first-order chi connectivity index (χ1) is 5.38. The monoisotopic (exact) mass is 142 g/mol. The molecule has 1 aromatic carbocycles. The normalized spacial score (nSPS) is 30.8. The first-order valence-corrected chi connectivity index (χ1v) is 4.19. The van der Waals surface area contributed by atoms with Crippen LogP contribution < -0.4 is 0 Å². The van der Waals surface area contributed by atoms with E-state index in [1.807, 2.05) is 0 Å². The van der Waals surface area contributed by atoms with Crippen LogP contribution in [0.4, 0.5) is 0 Å². The Morgan fingerprint density at radius 3 is 2.82 bits per heavy atom. The molecular formula is C11H10. The average molecular weight is 142 g/mol. The van der Waals surface area contributed by atoms with Gasteiger partial charge >= 0.3 is 0 Å². The Kier molecular flexibility index (Phi) is 0.803. The molecule has 2 unspecified atom stereocenters. The number of hydrogen-bond acceptors (Lipinski definition) is 0. The Morgan fingerprint density at radius 1 is 1.18 bits per heavy atom. The zero-order chi connectivity index (χ0) is 7.42. The van der Waals surface area contributed by atoms with E-state index in [9.17, 15) is 0 Å². The predicted molar refractivity (Wildman–Crippen MR) is 46.3 cm³/mol. The number of benzene rings is 1. The maximum Gasteiger partial charge on any atom is 0.00936 e. The second-order valence-electron chi connectivity index (χ2n) is 3.52. The van der Waals surface area contributed by atoms with Gasteiger partial charge in [0.05, 0.1) is 0 Å². The highest BCUT2D eigenvalue weighted by Gasteiger charge is 2.40. The van der Waals surface area contributed by atoms with Crippen LogP contribution >= 0.6 is 0 Å². The number of fused-ring (bicyclic) bond motifs is 3. The van der Waals surface area contributed by atoms with Gasteiger partial charge in [0, 0.05) is 5.92 Å². The Bertz CT molecular complexity index is 347. The van der Waals surface area contributed by atoms with Crippen molar-refractivity contribution in [3.05, 3.63) is 41.5 Å². The molecular weight excluding hydrogens is 132 g/mol. The van der Waals surface area contributed by atoms with Gasteiger partial charge in [-0.1, -0.05) is 37.3 Å². The van der Waals surface area contributed by atoms with E-state index in [0.717, 1.165) is 11.8 Å². The van der Waals surface area contributed by atoms with E-state index in [1.54, 1.807) is 11.1 Å². The SMILES string of the molecule is CC1c2ccccc2C2=CC21. The van der Waals surface area contributed by atoms with Gasteiger partial charge in [0.25, 0.3) is 0 Å². The Balaban J connectivity index is 2.29. The van der Waals surface area contributed by atoms with E-state index in [-0.39, 0.29) is 0 Å². The molecule has 3 rings (SSSR count). The summed E-state index contributed by atoms with van der Waals surface area (Å²) in [6, 6.07) is 8.77. The number of allylic oxidation sites excluding steroid dienone is 2. The summed E-state index contributed by atoms with van der Waals surface area (Å²) in [7, 11) is 0. The maximum absolute atomic E-state index is 2.38. The highest BCUT2D eigenvalue weighted by molar-refractivity contribution is 5.87. The van der Waals surface area contributed by atoms with Crippen LogP contribution in [0.3, 0.4) is 0 Å². The largest absolute Gasteiger partial charge is 0.0719 e. The molecule has 2 aliphatic rings. The minimum Gasteiger partial charge on any atom is -0.0719 e. The van der Waals surface area contributed by atoms with E-state index < -0.39 is 0 Å². The van der Waals surface area contributed by atoms with Crippen LogP contribution in [0.25, 0.3) is 5.57 Å². The van der Waals surface area contributed by atoms with Crippen LogP contribution in [0.15, 0.2) is 30.3 Å². The van der Waals surface area contributed by atoms with Gasteiger partial charge in [-0.15, -0.1) is 0 Å². The first-order valence-electron chi connectivity index (χ1n) is 4.19. The molecule has 0 aliphatic heterocycles. The third-order valence-electron chi connectivity index (χ3n) is 2.91. The summed E-state index contributed by atoms with van der Waals surface area (Å²) in [5.41, 5.74) is 4.65. The van der Waals surface area contributed by atoms with Gasteiger partial charge in [-0.25, -0.2) is 0 Å². The van der Waals surface area contributed by atoms with Crippen LogP contribution in [-0.4, -0.2) is 0 Å². The Morgan fingerprint density at radius 2 is 2.00 bits per heavy atom. The molecule has 0 aromatic heterocycles. The molecule has 54 valence electrons. The van der Waals surface area contributed by atoms with E-state index >= 15 is 0 Å². The summed E-state index contributed by atoms with van der Waals surface area (Å²) in [5.74, 6) is 1.55. The van der Waals surface area contributed by atoms with Crippen molar-refractivity contribution in [2.45, 2.75) is 12.8 Å². The molecule has 0 spiro atoms. The van der Waals surface area contributed by atoms with E-state index in [0.29, 0.717) is 0 Å². The van der Waals surface area contributed by atoms with Crippen LogP contribution in [0, 0.1) is 5.92 Å². The van der Waals surface area contributed by atoms with Crippen molar-refractivity contribution in [2.75, 3.05) is 0 Å². The minimum absolute atomic E-state index is 0.751. The molecule has 2 atom stereocenters. The minimum atomic E-state index is 0.751. The van der Waals surface area contributed by atoms with Gasteiger partial charge < -0.3 is 0 Å². The second kappa shape index (κ2) is 1.58. The summed E-state index contributed by atoms with van der Waals surface area (Å²) in [5, 5.41) is 0. The lowest BCUT2D eigenvalue weighted by Gasteiger charge is -2.05. The Labute approximate surface area is 66.6 Å². The lowest BCUT2D eigenvalue weighted by molar-refractivity contribution is 0.743. The molecule has 1 aromatic rings. The van der Waals surface area contributed by atoms with Gasteiger partial charge in [-0.05, 0) is 22.6 Å². The number of rotatable bonds is 0. The van der Waals surface area contributed by atoms with E-state index in [4.69, 9.17) is 0 Å². The molecule has 0 amide bonds. The van der Waals surface area contributed by atoms with Crippen molar-refractivity contribution in [2.24, 2.45) is 5.92 Å². The van der Waals surface area contributed by atoms with Gasteiger partial charge in [0.2, 0.25) is 0 Å². The van der Waals surface area contributed by atoms with Gasteiger partial charge in [0.15, 0.2) is 0 Å². The standard InChI is InChI=1S/C11H10/c1-7-8-4-2-3-5-9(8)11-6-10(7)11/h2-7,10H,1H3. The van der Waals surface area contributed by atoms with Gasteiger partial charge in [0.1, 0.15) is 0 Å². The third kappa shape index (κ3) is 0.555. The van der Waals surface area contributed by atoms with Gasteiger partial charge in [-0.3, -0.25) is 0 Å². The van der Waals surface area contributed by atoms with Crippen molar-refractivity contribution in [1.29, 1.82) is 0 Å². The number of hydrogen-bond donors (Lipinski definition) is 0. The molecule has 0 heteroatoms. The quantitative estimate of drug-likeness (QED) is 0.522. The van der Waals surface area contributed by atoms with E-state index in [1.165, 1.54) is 5.56 Å². The highest BCUT2D eigenvalue weighted by atomic mass is 14.4. The molecule has 0 bridgehead atoms. The maximum atomic E-state index is 2.38. The van der Waals surface area contributed by atoms with Crippen molar-refractivity contribution < 1.29 is 0 Å². The molecule has 0 fully saturated rings. The summed E-state index contributed by atoms with van der Waals surface area (Å²) in [6.45, 7) is 2.32. The molecule has 0 N–H and O–H groups in total. The first kappa shape index (κ1) is 5.59. The highest BCUT2D eigenvalue weighted by Crippen LogP contribution is 2.55. The molecule has 11 heavy (non-hydrogen) atoms. The van der Waals surface area contributed by atoms with Crippen molar-refractivity contribution in [3.8, 4) is 0 Å². The third-order valence-corrected chi connectivity index (χ3v) is 2.91. The summed E-state index contributed by atoms with van der Waals surface area (Å²) < 4.78 is 0. The molecule has 0 radical (unpaired) electrons. The van der Waals surface area contributed by atoms with Crippen molar-refractivity contribution in [1.82, 2.24) is 0 Å². The lowest BCUT2D eigenvalue weighted by atomic mass is 9.99. The van der Waals surface area contributed by atoms with Gasteiger partial charge in [-0.2, -0.15) is 0 Å². The van der Waals surface area contributed by atoms with Crippen LogP contribution in [0.5, 0.6) is 0 Å². The fraction of sp³-hybridized carbons (Fsp3) is 0.273. The summed E-state index contributed by atoms with van der Waals surface area (Å²) in [4.78, 5) is 0. The Hall–Kier alpha value is -1.04.